The van der Waals surface area contributed by atoms with Gasteiger partial charge in [0.1, 0.15) is 5.75 Å². The minimum absolute atomic E-state index is 0.101. The van der Waals surface area contributed by atoms with Gasteiger partial charge in [0.05, 0.1) is 3.79 Å². The molecule has 0 bridgehead atoms. The van der Waals surface area contributed by atoms with Crippen molar-refractivity contribution in [1.82, 2.24) is 0 Å². The van der Waals surface area contributed by atoms with Gasteiger partial charge in [-0.25, -0.2) is 0 Å². The number of hydrogen-bond acceptors (Lipinski definition) is 4. The van der Waals surface area contributed by atoms with E-state index in [-0.39, 0.29) is 6.61 Å². The smallest absolute Gasteiger partial charge is 0.255 e. The highest BCUT2D eigenvalue weighted by atomic mass is 79.9. The third-order valence-electron chi connectivity index (χ3n) is 2.33. The quantitative estimate of drug-likeness (QED) is 0.849. The molecule has 1 heterocycles. The number of rotatable bonds is 6. The van der Waals surface area contributed by atoms with Crippen molar-refractivity contribution in [3.05, 3.63) is 45.1 Å². The van der Waals surface area contributed by atoms with Crippen molar-refractivity contribution in [2.45, 2.75) is 6.54 Å². The first-order valence-electron chi connectivity index (χ1n) is 5.63. The van der Waals surface area contributed by atoms with Crippen LogP contribution in [0.15, 0.2) is 40.2 Å². The van der Waals surface area contributed by atoms with Crippen molar-refractivity contribution in [2.24, 2.45) is 5.73 Å². The van der Waals surface area contributed by atoms with Gasteiger partial charge >= 0.3 is 0 Å². The lowest BCUT2D eigenvalue weighted by Gasteiger charge is -2.07. The molecule has 0 aliphatic rings. The molecule has 0 saturated heterocycles. The zero-order valence-electron chi connectivity index (χ0n) is 10.1. The van der Waals surface area contributed by atoms with Crippen LogP contribution in [0.4, 0.5) is 5.69 Å². The van der Waals surface area contributed by atoms with E-state index in [1.165, 1.54) is 4.88 Å². The van der Waals surface area contributed by atoms with Crippen molar-refractivity contribution in [2.75, 3.05) is 11.9 Å². The molecule has 100 valence electrons. The second kappa shape index (κ2) is 6.58. The predicted octanol–water partition coefficient (Wildman–Crippen LogP) is 2.99. The lowest BCUT2D eigenvalue weighted by atomic mass is 10.3. The molecule has 19 heavy (non-hydrogen) atoms. The number of primary amides is 1. The lowest BCUT2D eigenvalue weighted by Crippen LogP contribution is -2.19. The van der Waals surface area contributed by atoms with Crippen molar-refractivity contribution >= 4 is 38.9 Å². The summed E-state index contributed by atoms with van der Waals surface area (Å²) in [6.45, 7) is 0.674. The van der Waals surface area contributed by atoms with E-state index in [4.69, 9.17) is 10.5 Å². The summed E-state index contributed by atoms with van der Waals surface area (Å²) in [5.41, 5.74) is 6.00. The van der Waals surface area contributed by atoms with Gasteiger partial charge in [0.25, 0.3) is 5.91 Å². The van der Waals surface area contributed by atoms with Crippen LogP contribution in [0.1, 0.15) is 4.88 Å². The Morgan fingerprint density at radius 1 is 1.26 bits per heavy atom. The average Bonchev–Trinajstić information content (AvgIpc) is 2.81. The normalized spacial score (nSPS) is 10.2. The fourth-order valence-corrected chi connectivity index (χ4v) is 2.88. The molecule has 0 aliphatic heterocycles. The SMILES string of the molecule is NC(=O)COc1ccc(NCc2ccc(Br)s2)cc1. The zero-order chi connectivity index (χ0) is 13.7. The maximum atomic E-state index is 10.6. The van der Waals surface area contributed by atoms with Gasteiger partial charge < -0.3 is 15.8 Å². The molecular formula is C13H13BrN2O2S. The molecule has 1 aromatic carbocycles. The molecule has 6 heteroatoms. The highest BCUT2D eigenvalue weighted by Gasteiger charge is 2.00. The van der Waals surface area contributed by atoms with Gasteiger partial charge in [-0.3, -0.25) is 4.79 Å². The van der Waals surface area contributed by atoms with Crippen LogP contribution in [0.25, 0.3) is 0 Å². The summed E-state index contributed by atoms with van der Waals surface area (Å²) in [5, 5.41) is 3.31. The molecule has 1 amide bonds. The van der Waals surface area contributed by atoms with Crippen LogP contribution in [0.2, 0.25) is 0 Å². The summed E-state index contributed by atoms with van der Waals surface area (Å²) in [7, 11) is 0. The molecule has 0 aliphatic carbocycles. The standard InChI is InChI=1S/C13H13BrN2O2S/c14-12-6-5-11(19-12)7-16-9-1-3-10(4-2-9)18-8-13(15)17/h1-6,16H,7-8H2,(H2,15,17). The summed E-state index contributed by atoms with van der Waals surface area (Å²) < 4.78 is 6.31. The van der Waals surface area contributed by atoms with E-state index in [0.717, 1.165) is 16.0 Å². The molecule has 0 unspecified atom stereocenters. The van der Waals surface area contributed by atoms with Crippen LogP contribution in [0.3, 0.4) is 0 Å². The van der Waals surface area contributed by atoms with E-state index < -0.39 is 5.91 Å². The molecule has 0 radical (unpaired) electrons. The van der Waals surface area contributed by atoms with E-state index in [0.29, 0.717) is 5.75 Å². The summed E-state index contributed by atoms with van der Waals surface area (Å²) in [4.78, 5) is 11.8. The number of nitrogens with two attached hydrogens (primary N) is 1. The van der Waals surface area contributed by atoms with Gasteiger partial charge in [-0.2, -0.15) is 0 Å². The van der Waals surface area contributed by atoms with Crippen LogP contribution in [-0.2, 0) is 11.3 Å². The Bertz CT molecular complexity index is 554. The average molecular weight is 341 g/mol. The third-order valence-corrected chi connectivity index (χ3v) is 3.95. The second-order valence-corrected chi connectivity index (χ2v) is 6.39. The van der Waals surface area contributed by atoms with Crippen LogP contribution < -0.4 is 15.8 Å². The van der Waals surface area contributed by atoms with Crippen LogP contribution >= 0.6 is 27.3 Å². The number of carbonyl (C=O) groups excluding carboxylic acids is 1. The van der Waals surface area contributed by atoms with E-state index in [2.05, 4.69) is 27.3 Å². The van der Waals surface area contributed by atoms with E-state index in [1.807, 2.05) is 18.2 Å². The molecule has 0 saturated carbocycles. The number of nitrogens with one attached hydrogen (secondary N) is 1. The molecule has 1 aromatic heterocycles. The molecule has 0 fully saturated rings. The number of amides is 1. The molecule has 2 rings (SSSR count). The van der Waals surface area contributed by atoms with Gasteiger partial charge in [0.2, 0.25) is 0 Å². The molecule has 4 nitrogen and oxygen atoms in total. The highest BCUT2D eigenvalue weighted by Crippen LogP contribution is 2.23. The summed E-state index contributed by atoms with van der Waals surface area (Å²) in [6, 6.07) is 11.5. The van der Waals surface area contributed by atoms with Crippen molar-refractivity contribution < 1.29 is 9.53 Å². The third kappa shape index (κ3) is 4.57. The maximum absolute atomic E-state index is 10.6. The number of halogens is 1. The van der Waals surface area contributed by atoms with Gasteiger partial charge in [0, 0.05) is 17.1 Å². The Labute approximate surface area is 123 Å². The number of anilines is 1. The van der Waals surface area contributed by atoms with Gasteiger partial charge in [0.15, 0.2) is 6.61 Å². The maximum Gasteiger partial charge on any atom is 0.255 e. The molecular weight excluding hydrogens is 328 g/mol. The number of ether oxygens (including phenoxy) is 1. The Morgan fingerprint density at radius 3 is 2.58 bits per heavy atom. The predicted molar refractivity (Wildman–Crippen MR) is 80.5 cm³/mol. The Morgan fingerprint density at radius 2 is 2.00 bits per heavy atom. The number of benzene rings is 1. The van der Waals surface area contributed by atoms with Gasteiger partial charge in [-0.1, -0.05) is 0 Å². The Hall–Kier alpha value is -1.53. The summed E-state index contributed by atoms with van der Waals surface area (Å²) in [6.07, 6.45) is 0. The topological polar surface area (TPSA) is 64.4 Å². The first-order valence-corrected chi connectivity index (χ1v) is 7.24. The highest BCUT2D eigenvalue weighted by molar-refractivity contribution is 9.11. The zero-order valence-corrected chi connectivity index (χ0v) is 12.5. The second-order valence-electron chi connectivity index (χ2n) is 3.84. The molecule has 2 aromatic rings. The van der Waals surface area contributed by atoms with E-state index in [1.54, 1.807) is 23.5 Å². The molecule has 3 N–H and O–H groups in total. The van der Waals surface area contributed by atoms with Crippen molar-refractivity contribution in [3.8, 4) is 5.75 Å². The fraction of sp³-hybridized carbons (Fsp3) is 0.154. The van der Waals surface area contributed by atoms with Crippen LogP contribution in [0.5, 0.6) is 5.75 Å². The minimum atomic E-state index is -0.481. The monoisotopic (exact) mass is 340 g/mol. The van der Waals surface area contributed by atoms with Gasteiger partial charge in [-0.05, 0) is 52.3 Å². The fourth-order valence-electron chi connectivity index (χ4n) is 1.46. The molecule has 0 atom stereocenters. The first-order chi connectivity index (χ1) is 9.13. The van der Waals surface area contributed by atoms with E-state index in [9.17, 15) is 4.79 Å². The Balaban J connectivity index is 1.86. The van der Waals surface area contributed by atoms with Crippen molar-refractivity contribution in [3.63, 3.8) is 0 Å². The van der Waals surface area contributed by atoms with Crippen LogP contribution in [0, 0.1) is 0 Å². The molecule has 0 spiro atoms. The summed E-state index contributed by atoms with van der Waals surface area (Å²) >= 11 is 5.13. The van der Waals surface area contributed by atoms with Crippen LogP contribution in [-0.4, -0.2) is 12.5 Å². The summed E-state index contributed by atoms with van der Waals surface area (Å²) in [5.74, 6) is 0.147. The van der Waals surface area contributed by atoms with Gasteiger partial charge in [-0.15, -0.1) is 11.3 Å². The number of hydrogen-bond donors (Lipinski definition) is 2. The first kappa shape index (κ1) is 13.9. The van der Waals surface area contributed by atoms with E-state index >= 15 is 0 Å². The number of carbonyl (C=O) groups is 1. The largest absolute Gasteiger partial charge is 0.484 e. The minimum Gasteiger partial charge on any atom is -0.484 e. The van der Waals surface area contributed by atoms with Crippen molar-refractivity contribution in [1.29, 1.82) is 0 Å². The Kier molecular flexibility index (Phi) is 4.81. The number of thiophene rings is 1. The lowest BCUT2D eigenvalue weighted by molar-refractivity contribution is -0.119.